The second-order valence-corrected chi connectivity index (χ2v) is 8.95. The molecule has 0 unspecified atom stereocenters. The fourth-order valence-electron chi connectivity index (χ4n) is 3.23. The van der Waals surface area contributed by atoms with E-state index in [-0.39, 0.29) is 31.8 Å². The highest BCUT2D eigenvalue weighted by Gasteiger charge is 2.11. The molecule has 0 heterocycles. The fraction of sp³-hybridized carbons (Fsp3) is 0.214. The molecule has 3 aromatic carbocycles. The van der Waals surface area contributed by atoms with E-state index >= 15 is 0 Å². The zero-order valence-corrected chi connectivity index (χ0v) is 22.5. The summed E-state index contributed by atoms with van der Waals surface area (Å²) in [4.78, 5) is 47.8. The zero-order chi connectivity index (χ0) is 28.2. The average Bonchev–Trinajstić information content (AvgIpc) is 2.91. The minimum atomic E-state index is -0.599. The number of halogens is 2. The molecule has 2 N–H and O–H groups in total. The molecule has 2 amide bonds. The Labute approximate surface area is 235 Å². The molecule has 0 fully saturated rings. The molecule has 0 saturated carbocycles. The van der Waals surface area contributed by atoms with E-state index in [0.717, 1.165) is 0 Å². The Morgan fingerprint density at radius 2 is 1.41 bits per heavy atom. The molecule has 0 aromatic heterocycles. The first-order valence-electron chi connectivity index (χ1n) is 12.0. The van der Waals surface area contributed by atoms with Crippen LogP contribution in [0, 0.1) is 0 Å². The minimum Gasteiger partial charge on any atom is -0.462 e. The highest BCUT2D eigenvalue weighted by molar-refractivity contribution is 6.35. The van der Waals surface area contributed by atoms with Gasteiger partial charge in [0.2, 0.25) is 5.91 Å². The lowest BCUT2D eigenvalue weighted by molar-refractivity contribution is -0.147. The van der Waals surface area contributed by atoms with Crippen molar-refractivity contribution in [3.8, 4) is 11.5 Å². The average molecular weight is 573 g/mol. The third-order valence-corrected chi connectivity index (χ3v) is 5.62. The highest BCUT2D eigenvalue weighted by Crippen LogP contribution is 2.32. The van der Waals surface area contributed by atoms with E-state index in [2.05, 4.69) is 10.6 Å². The topological polar surface area (TPSA) is 120 Å². The number of ether oxygens (including phenoxy) is 3. The van der Waals surface area contributed by atoms with Crippen LogP contribution in [0.5, 0.6) is 11.5 Å². The van der Waals surface area contributed by atoms with Crippen molar-refractivity contribution in [2.75, 3.05) is 23.8 Å². The van der Waals surface area contributed by atoms with Crippen molar-refractivity contribution < 1.29 is 33.4 Å². The molecule has 3 aromatic rings. The van der Waals surface area contributed by atoms with Gasteiger partial charge in [-0.1, -0.05) is 23.2 Å². The highest BCUT2D eigenvalue weighted by atomic mass is 35.5. The van der Waals surface area contributed by atoms with E-state index in [9.17, 15) is 19.2 Å². The van der Waals surface area contributed by atoms with E-state index in [1.165, 1.54) is 12.1 Å². The third kappa shape index (κ3) is 9.96. The first-order chi connectivity index (χ1) is 18.7. The summed E-state index contributed by atoms with van der Waals surface area (Å²) in [5, 5.41) is 6.18. The number of anilines is 2. The molecular formula is C28H26Cl2N2O7. The Morgan fingerprint density at radius 1 is 0.769 bits per heavy atom. The third-order valence-electron chi connectivity index (χ3n) is 5.09. The van der Waals surface area contributed by atoms with Gasteiger partial charge in [0.05, 0.1) is 17.2 Å². The van der Waals surface area contributed by atoms with Gasteiger partial charge in [0, 0.05) is 29.2 Å². The number of rotatable bonds is 12. The van der Waals surface area contributed by atoms with E-state index in [4.69, 9.17) is 37.4 Å². The van der Waals surface area contributed by atoms with Crippen LogP contribution in [0.15, 0.2) is 66.7 Å². The molecular weight excluding hydrogens is 547 g/mol. The summed E-state index contributed by atoms with van der Waals surface area (Å²) in [5.41, 5.74) is 1.36. The van der Waals surface area contributed by atoms with Crippen LogP contribution in [-0.2, 0) is 23.9 Å². The van der Waals surface area contributed by atoms with Crippen molar-refractivity contribution in [3.05, 3.63) is 82.3 Å². The molecule has 0 saturated heterocycles. The van der Waals surface area contributed by atoms with Gasteiger partial charge in [-0.25, -0.2) is 4.79 Å². The number of carbonyl (C=O) groups is 4. The van der Waals surface area contributed by atoms with Crippen molar-refractivity contribution in [2.24, 2.45) is 0 Å². The molecule has 39 heavy (non-hydrogen) atoms. The number of amides is 2. The minimum absolute atomic E-state index is 0.0242. The maximum absolute atomic E-state index is 12.2. The van der Waals surface area contributed by atoms with Gasteiger partial charge in [0.15, 0.2) is 6.61 Å². The van der Waals surface area contributed by atoms with Crippen LogP contribution < -0.4 is 15.4 Å². The molecule has 204 valence electrons. The Morgan fingerprint density at radius 3 is 2.05 bits per heavy atom. The smallest absolute Gasteiger partial charge is 0.338 e. The van der Waals surface area contributed by atoms with Gasteiger partial charge in [0.1, 0.15) is 11.5 Å². The van der Waals surface area contributed by atoms with Gasteiger partial charge in [-0.2, -0.15) is 0 Å². The van der Waals surface area contributed by atoms with Gasteiger partial charge in [-0.05, 0) is 80.1 Å². The monoisotopic (exact) mass is 572 g/mol. The molecule has 0 aliphatic rings. The van der Waals surface area contributed by atoms with Crippen molar-refractivity contribution in [3.63, 3.8) is 0 Å². The molecule has 0 spiro atoms. The standard InChI is InChI=1S/C28H26Cl2N2O7/c1-2-37-28(36)18-6-9-20(10-7-18)32-26(34)17-38-27(35)5-3-4-25(33)31-21-11-13-22(14-12-21)39-24-15-8-19(29)16-23(24)30/h6-16H,2-5,17H2,1H3,(H,31,33)(H,32,34). The van der Waals surface area contributed by atoms with Crippen LogP contribution in [-0.4, -0.2) is 37.0 Å². The second kappa shape index (κ2) is 14.8. The summed E-state index contributed by atoms with van der Waals surface area (Å²) in [6.45, 7) is 1.50. The summed E-state index contributed by atoms with van der Waals surface area (Å²) >= 11 is 12.0. The number of benzene rings is 3. The van der Waals surface area contributed by atoms with Gasteiger partial charge in [0.25, 0.3) is 5.91 Å². The summed E-state index contributed by atoms with van der Waals surface area (Å²) in [6, 6.07) is 17.7. The molecule has 0 bridgehead atoms. The van der Waals surface area contributed by atoms with Crippen molar-refractivity contribution in [2.45, 2.75) is 26.2 Å². The van der Waals surface area contributed by atoms with Crippen LogP contribution in [0.1, 0.15) is 36.5 Å². The van der Waals surface area contributed by atoms with Gasteiger partial charge < -0.3 is 24.8 Å². The normalized spacial score (nSPS) is 10.3. The Hall–Kier alpha value is -4.08. The molecule has 9 nitrogen and oxygen atoms in total. The lowest BCUT2D eigenvalue weighted by Crippen LogP contribution is -2.21. The Balaban J connectivity index is 1.33. The van der Waals surface area contributed by atoms with E-state index < -0.39 is 24.5 Å². The molecule has 0 atom stereocenters. The molecule has 11 heteroatoms. The predicted octanol–water partition coefficient (Wildman–Crippen LogP) is 6.25. The van der Waals surface area contributed by atoms with Gasteiger partial charge in [-0.15, -0.1) is 0 Å². The first kappa shape index (κ1) is 29.5. The molecule has 0 aliphatic heterocycles. The zero-order valence-electron chi connectivity index (χ0n) is 21.0. The van der Waals surface area contributed by atoms with Gasteiger partial charge in [-0.3, -0.25) is 14.4 Å². The number of esters is 2. The van der Waals surface area contributed by atoms with Crippen molar-refractivity contribution in [1.82, 2.24) is 0 Å². The molecule has 0 radical (unpaired) electrons. The fourth-order valence-corrected chi connectivity index (χ4v) is 3.67. The van der Waals surface area contributed by atoms with Crippen LogP contribution in [0.4, 0.5) is 11.4 Å². The summed E-state index contributed by atoms with van der Waals surface area (Å²) in [5.74, 6) is -0.888. The SMILES string of the molecule is CCOC(=O)c1ccc(NC(=O)COC(=O)CCCC(=O)Nc2ccc(Oc3ccc(Cl)cc3Cl)cc2)cc1. The van der Waals surface area contributed by atoms with E-state index in [1.54, 1.807) is 61.5 Å². The van der Waals surface area contributed by atoms with Crippen LogP contribution >= 0.6 is 23.2 Å². The van der Waals surface area contributed by atoms with E-state index in [1.807, 2.05) is 0 Å². The molecule has 3 rings (SSSR count). The number of nitrogens with one attached hydrogen (secondary N) is 2. The Bertz CT molecular complexity index is 1310. The van der Waals surface area contributed by atoms with E-state index in [0.29, 0.717) is 38.5 Å². The molecule has 0 aliphatic carbocycles. The Kier molecular flexibility index (Phi) is 11.1. The first-order valence-corrected chi connectivity index (χ1v) is 12.7. The summed E-state index contributed by atoms with van der Waals surface area (Å²) < 4.78 is 15.6. The van der Waals surface area contributed by atoms with Crippen molar-refractivity contribution in [1.29, 1.82) is 0 Å². The summed E-state index contributed by atoms with van der Waals surface area (Å²) in [6.07, 6.45) is 0.314. The quantitative estimate of drug-likeness (QED) is 0.246. The number of carbonyl (C=O) groups excluding carboxylic acids is 4. The van der Waals surface area contributed by atoms with Crippen LogP contribution in [0.25, 0.3) is 0 Å². The number of hydrogen-bond acceptors (Lipinski definition) is 7. The maximum atomic E-state index is 12.2. The van der Waals surface area contributed by atoms with Crippen LogP contribution in [0.3, 0.4) is 0 Å². The lowest BCUT2D eigenvalue weighted by Gasteiger charge is -2.10. The summed E-state index contributed by atoms with van der Waals surface area (Å²) in [7, 11) is 0. The van der Waals surface area contributed by atoms with Crippen molar-refractivity contribution >= 4 is 58.3 Å². The predicted molar refractivity (Wildman–Crippen MR) is 147 cm³/mol. The lowest BCUT2D eigenvalue weighted by atomic mass is 10.2. The van der Waals surface area contributed by atoms with Gasteiger partial charge >= 0.3 is 11.9 Å². The number of hydrogen-bond donors (Lipinski definition) is 2. The largest absolute Gasteiger partial charge is 0.462 e. The van der Waals surface area contributed by atoms with Crippen LogP contribution in [0.2, 0.25) is 10.0 Å². The maximum Gasteiger partial charge on any atom is 0.338 e. The second-order valence-electron chi connectivity index (χ2n) is 8.11.